The fourth-order valence-electron chi connectivity index (χ4n) is 2.98. The van der Waals surface area contributed by atoms with Crippen LogP contribution in [0.3, 0.4) is 0 Å². The highest BCUT2D eigenvalue weighted by molar-refractivity contribution is 5.82. The minimum absolute atomic E-state index is 0.131. The molecule has 1 fully saturated rings. The number of carbonyl (C=O) groups excluding carboxylic acids is 1. The van der Waals surface area contributed by atoms with E-state index in [0.717, 1.165) is 57.8 Å². The molecule has 0 radical (unpaired) electrons. The molecule has 1 aliphatic rings. The molecule has 5 heteroatoms. The molecule has 0 bridgehead atoms. The number of allylic oxidation sites excluding steroid dienone is 1. The molecular formula is C17H28F3NO. The van der Waals surface area contributed by atoms with Crippen LogP contribution in [-0.4, -0.2) is 18.1 Å². The van der Waals surface area contributed by atoms with Crippen molar-refractivity contribution in [3.63, 3.8) is 0 Å². The topological polar surface area (TPSA) is 29.1 Å². The molecule has 0 aromatic carbocycles. The van der Waals surface area contributed by atoms with Crippen molar-refractivity contribution in [3.05, 3.63) is 12.2 Å². The molecule has 0 heterocycles. The third-order valence-corrected chi connectivity index (χ3v) is 4.28. The molecule has 1 N–H and O–H groups in total. The van der Waals surface area contributed by atoms with Gasteiger partial charge < -0.3 is 5.32 Å². The summed E-state index contributed by atoms with van der Waals surface area (Å²) in [5.74, 6) is -1.69. The third kappa shape index (κ3) is 7.32. The van der Waals surface area contributed by atoms with Crippen molar-refractivity contribution in [3.8, 4) is 0 Å². The number of hydrogen-bond donors (Lipinski definition) is 1. The summed E-state index contributed by atoms with van der Waals surface area (Å²) in [6, 6.07) is -0.486. The fraction of sp³-hybridized carbons (Fsp3) is 0.824. The molecule has 0 aliphatic heterocycles. The zero-order valence-corrected chi connectivity index (χ0v) is 13.4. The Morgan fingerprint density at radius 2 is 1.86 bits per heavy atom. The average Bonchev–Trinajstić information content (AvgIpc) is 2.49. The molecule has 128 valence electrons. The van der Waals surface area contributed by atoms with Gasteiger partial charge in [0.05, 0.1) is 6.04 Å². The van der Waals surface area contributed by atoms with Crippen LogP contribution in [0.4, 0.5) is 13.2 Å². The molecule has 0 aromatic rings. The van der Waals surface area contributed by atoms with Gasteiger partial charge in [-0.1, -0.05) is 57.6 Å². The molecule has 1 atom stereocenters. The zero-order valence-electron chi connectivity index (χ0n) is 13.4. The summed E-state index contributed by atoms with van der Waals surface area (Å²) in [7, 11) is 0. The highest BCUT2D eigenvalue weighted by Crippen LogP contribution is 2.28. The van der Waals surface area contributed by atoms with E-state index in [1.54, 1.807) is 6.08 Å². The van der Waals surface area contributed by atoms with E-state index in [1.165, 1.54) is 6.42 Å². The second-order valence-electron chi connectivity index (χ2n) is 6.17. The number of hydrogen-bond acceptors (Lipinski definition) is 1. The summed E-state index contributed by atoms with van der Waals surface area (Å²) in [6.07, 6.45) is 9.31. The minimum atomic E-state index is -4.80. The summed E-state index contributed by atoms with van der Waals surface area (Å²) >= 11 is 0. The van der Waals surface area contributed by atoms with Crippen LogP contribution in [0.25, 0.3) is 0 Å². The van der Waals surface area contributed by atoms with E-state index in [4.69, 9.17) is 0 Å². The summed E-state index contributed by atoms with van der Waals surface area (Å²) in [5.41, 5.74) is 0. The van der Waals surface area contributed by atoms with E-state index >= 15 is 0 Å². The maximum atomic E-state index is 12.5. The Kier molecular flexibility index (Phi) is 8.57. The third-order valence-electron chi connectivity index (χ3n) is 4.28. The van der Waals surface area contributed by atoms with Gasteiger partial charge in [0, 0.05) is 0 Å². The molecule has 1 saturated carbocycles. The van der Waals surface area contributed by atoms with Crippen LogP contribution in [0.1, 0.15) is 71.1 Å². The molecular weight excluding hydrogens is 291 g/mol. The summed E-state index contributed by atoms with van der Waals surface area (Å²) in [4.78, 5) is 11.2. The Morgan fingerprint density at radius 1 is 1.18 bits per heavy atom. The molecule has 0 unspecified atom stereocenters. The maximum absolute atomic E-state index is 12.5. The number of carbonyl (C=O) groups is 1. The van der Waals surface area contributed by atoms with Crippen molar-refractivity contribution in [2.24, 2.45) is 5.92 Å². The van der Waals surface area contributed by atoms with E-state index in [2.05, 4.69) is 12.2 Å². The first kappa shape index (κ1) is 19.0. The van der Waals surface area contributed by atoms with Gasteiger partial charge in [0.2, 0.25) is 0 Å². The summed E-state index contributed by atoms with van der Waals surface area (Å²) < 4.78 is 37.4. The Hall–Kier alpha value is -1.00. The van der Waals surface area contributed by atoms with Crippen LogP contribution in [0, 0.1) is 5.92 Å². The molecule has 1 aliphatic carbocycles. The van der Waals surface area contributed by atoms with Gasteiger partial charge in [-0.3, -0.25) is 4.79 Å². The molecule has 0 saturated heterocycles. The maximum Gasteiger partial charge on any atom is 0.471 e. The molecule has 22 heavy (non-hydrogen) atoms. The SMILES string of the molecule is CCCCCC/C=C\[C@H](NC(=O)C(F)(F)F)C1CCCCC1. The normalized spacial score (nSPS) is 18.5. The van der Waals surface area contributed by atoms with Crippen LogP contribution in [0.5, 0.6) is 0 Å². The van der Waals surface area contributed by atoms with E-state index in [1.807, 2.05) is 6.08 Å². The standard InChI is InChI=1S/C17H28F3NO/c1-2-3-4-5-6-10-13-15(14-11-8-7-9-12-14)21-16(22)17(18,19)20/h10,13-15H,2-9,11-12H2,1H3,(H,21,22)/b13-10-/t15-/m0/s1. The van der Waals surface area contributed by atoms with Gasteiger partial charge in [-0.25, -0.2) is 0 Å². The highest BCUT2D eigenvalue weighted by atomic mass is 19.4. The molecule has 0 spiro atoms. The second kappa shape index (κ2) is 9.90. The first-order valence-electron chi connectivity index (χ1n) is 8.49. The summed E-state index contributed by atoms with van der Waals surface area (Å²) in [6.45, 7) is 2.14. The lowest BCUT2D eigenvalue weighted by atomic mass is 9.83. The van der Waals surface area contributed by atoms with E-state index in [9.17, 15) is 18.0 Å². The zero-order chi connectivity index (χ0) is 16.4. The van der Waals surface area contributed by atoms with E-state index in [0.29, 0.717) is 0 Å². The van der Waals surface area contributed by atoms with Gasteiger partial charge in [0.1, 0.15) is 0 Å². The van der Waals surface area contributed by atoms with E-state index < -0.39 is 18.1 Å². The van der Waals surface area contributed by atoms with Crippen molar-refractivity contribution < 1.29 is 18.0 Å². The Labute approximate surface area is 131 Å². The largest absolute Gasteiger partial charge is 0.471 e. The van der Waals surface area contributed by atoms with Gasteiger partial charge >= 0.3 is 12.1 Å². The first-order chi connectivity index (χ1) is 10.4. The number of rotatable bonds is 8. The van der Waals surface area contributed by atoms with Crippen molar-refractivity contribution in [2.75, 3.05) is 0 Å². The summed E-state index contributed by atoms with van der Waals surface area (Å²) in [5, 5.41) is 2.18. The smallest absolute Gasteiger partial charge is 0.342 e. The Bertz CT molecular complexity index is 346. The van der Waals surface area contributed by atoms with Gasteiger partial charge in [0.15, 0.2) is 0 Å². The van der Waals surface area contributed by atoms with Gasteiger partial charge in [-0.15, -0.1) is 0 Å². The predicted octanol–water partition coefficient (Wildman–Crippen LogP) is 5.14. The van der Waals surface area contributed by atoms with Gasteiger partial charge in [-0.2, -0.15) is 13.2 Å². The average molecular weight is 319 g/mol. The number of amides is 1. The van der Waals surface area contributed by atoms with Crippen molar-refractivity contribution in [1.82, 2.24) is 5.32 Å². The van der Waals surface area contributed by atoms with Crippen LogP contribution < -0.4 is 5.32 Å². The number of nitrogens with one attached hydrogen (secondary N) is 1. The van der Waals surface area contributed by atoms with Crippen LogP contribution in [-0.2, 0) is 4.79 Å². The van der Waals surface area contributed by atoms with Crippen LogP contribution >= 0.6 is 0 Å². The Morgan fingerprint density at radius 3 is 2.45 bits per heavy atom. The highest BCUT2D eigenvalue weighted by Gasteiger charge is 2.40. The van der Waals surface area contributed by atoms with Gasteiger partial charge in [0.25, 0.3) is 0 Å². The molecule has 0 aromatic heterocycles. The molecule has 1 amide bonds. The van der Waals surface area contributed by atoms with Crippen molar-refractivity contribution in [1.29, 1.82) is 0 Å². The van der Waals surface area contributed by atoms with Crippen molar-refractivity contribution in [2.45, 2.75) is 83.4 Å². The lowest BCUT2D eigenvalue weighted by molar-refractivity contribution is -0.174. The fourth-order valence-corrected chi connectivity index (χ4v) is 2.98. The lowest BCUT2D eigenvalue weighted by Crippen LogP contribution is -2.46. The number of halogens is 3. The van der Waals surface area contributed by atoms with Crippen LogP contribution in [0.15, 0.2) is 12.2 Å². The molecule has 1 rings (SSSR count). The number of alkyl halides is 3. The Balaban J connectivity index is 2.53. The minimum Gasteiger partial charge on any atom is -0.342 e. The monoisotopic (exact) mass is 319 g/mol. The molecule has 2 nitrogen and oxygen atoms in total. The van der Waals surface area contributed by atoms with E-state index in [-0.39, 0.29) is 5.92 Å². The predicted molar refractivity (Wildman–Crippen MR) is 82.5 cm³/mol. The number of unbranched alkanes of at least 4 members (excludes halogenated alkanes) is 4. The quantitative estimate of drug-likeness (QED) is 0.487. The van der Waals surface area contributed by atoms with Crippen molar-refractivity contribution >= 4 is 5.91 Å². The second-order valence-corrected chi connectivity index (χ2v) is 6.17. The first-order valence-corrected chi connectivity index (χ1v) is 8.49. The van der Waals surface area contributed by atoms with Crippen LogP contribution in [0.2, 0.25) is 0 Å². The van der Waals surface area contributed by atoms with Gasteiger partial charge in [-0.05, 0) is 31.6 Å². The lowest BCUT2D eigenvalue weighted by Gasteiger charge is -2.29.